The van der Waals surface area contributed by atoms with Gasteiger partial charge in [0.1, 0.15) is 4.88 Å². The Balaban J connectivity index is 1.83. The van der Waals surface area contributed by atoms with Crippen molar-refractivity contribution in [3.05, 3.63) is 16.1 Å². The van der Waals surface area contributed by atoms with Gasteiger partial charge in [-0.2, -0.15) is 0 Å². The average Bonchev–Trinajstić information content (AvgIpc) is 2.82. The van der Waals surface area contributed by atoms with Crippen molar-refractivity contribution in [1.82, 2.24) is 14.8 Å². The zero-order valence-electron chi connectivity index (χ0n) is 12.1. The van der Waals surface area contributed by atoms with E-state index < -0.39 is 0 Å². The minimum absolute atomic E-state index is 0.156. The first-order valence-corrected chi connectivity index (χ1v) is 7.87. The molecule has 0 unspecified atom stereocenters. The van der Waals surface area contributed by atoms with Crippen LogP contribution in [0.1, 0.15) is 35.6 Å². The molecule has 0 aliphatic carbocycles. The second kappa shape index (κ2) is 6.48. The lowest BCUT2D eigenvalue weighted by atomic mass is 10.1. The zero-order valence-corrected chi connectivity index (χ0v) is 12.9. The lowest BCUT2D eigenvalue weighted by Gasteiger charge is -2.34. The van der Waals surface area contributed by atoms with Crippen LogP contribution in [-0.2, 0) is 0 Å². The highest BCUT2D eigenvalue weighted by Crippen LogP contribution is 2.16. The summed E-state index contributed by atoms with van der Waals surface area (Å²) in [5.41, 5.74) is 2.61. The highest BCUT2D eigenvalue weighted by molar-refractivity contribution is 7.11. The molecule has 1 aliphatic rings. The van der Waals surface area contributed by atoms with Crippen LogP contribution in [0.3, 0.4) is 0 Å². The lowest BCUT2D eigenvalue weighted by Crippen LogP contribution is -2.48. The van der Waals surface area contributed by atoms with Crippen LogP contribution in [0.15, 0.2) is 5.51 Å². The molecule has 2 rings (SSSR count). The van der Waals surface area contributed by atoms with Gasteiger partial charge in [0.2, 0.25) is 0 Å². The van der Waals surface area contributed by atoms with E-state index in [1.165, 1.54) is 17.8 Å². The van der Waals surface area contributed by atoms with Crippen molar-refractivity contribution in [2.45, 2.75) is 27.2 Å². The van der Waals surface area contributed by atoms with Crippen molar-refractivity contribution in [2.75, 3.05) is 32.7 Å². The van der Waals surface area contributed by atoms with E-state index in [1.807, 2.05) is 11.8 Å². The van der Waals surface area contributed by atoms with Gasteiger partial charge >= 0.3 is 0 Å². The van der Waals surface area contributed by atoms with Crippen LogP contribution in [0.5, 0.6) is 0 Å². The Kier molecular flexibility index (Phi) is 4.93. The lowest BCUT2D eigenvalue weighted by molar-refractivity contribution is 0.0635. The van der Waals surface area contributed by atoms with Crippen molar-refractivity contribution in [3.8, 4) is 0 Å². The SMILES string of the molecule is Cc1ncsc1C(=O)N1CCN(CCC(C)C)CC1. The number of aromatic nitrogens is 1. The van der Waals surface area contributed by atoms with Gasteiger partial charge in [-0.3, -0.25) is 9.69 Å². The predicted octanol–water partition coefficient (Wildman–Crippen LogP) is 2.26. The van der Waals surface area contributed by atoms with Crippen LogP contribution < -0.4 is 0 Å². The van der Waals surface area contributed by atoms with E-state index in [1.54, 1.807) is 5.51 Å². The Hall–Kier alpha value is -0.940. The predicted molar refractivity (Wildman–Crippen MR) is 78.6 cm³/mol. The molecule has 2 heterocycles. The number of carbonyl (C=O) groups excluding carboxylic acids is 1. The van der Waals surface area contributed by atoms with Crippen LogP contribution in [0.25, 0.3) is 0 Å². The highest BCUT2D eigenvalue weighted by atomic mass is 32.1. The molecule has 4 nitrogen and oxygen atoms in total. The first kappa shape index (κ1) is 14.5. The summed E-state index contributed by atoms with van der Waals surface area (Å²) >= 11 is 1.45. The third kappa shape index (κ3) is 3.76. The van der Waals surface area contributed by atoms with Gasteiger partial charge in [0.25, 0.3) is 5.91 Å². The first-order chi connectivity index (χ1) is 9.08. The summed E-state index contributed by atoms with van der Waals surface area (Å²) < 4.78 is 0. The minimum Gasteiger partial charge on any atom is -0.335 e. The summed E-state index contributed by atoms with van der Waals surface area (Å²) in [4.78, 5) is 21.7. The third-order valence-electron chi connectivity index (χ3n) is 3.62. The molecule has 0 saturated carbocycles. The standard InChI is InChI=1S/C14H23N3OS/c1-11(2)4-5-16-6-8-17(9-7-16)14(18)13-12(3)15-10-19-13/h10-11H,4-9H2,1-3H3. The molecule has 0 radical (unpaired) electrons. The normalized spacial score (nSPS) is 17.2. The fraction of sp³-hybridized carbons (Fsp3) is 0.714. The van der Waals surface area contributed by atoms with E-state index in [0.29, 0.717) is 0 Å². The van der Waals surface area contributed by atoms with Crippen LogP contribution in [0.4, 0.5) is 0 Å². The smallest absolute Gasteiger partial charge is 0.265 e. The molecule has 0 N–H and O–H groups in total. The maximum Gasteiger partial charge on any atom is 0.265 e. The fourth-order valence-electron chi connectivity index (χ4n) is 2.27. The minimum atomic E-state index is 0.156. The summed E-state index contributed by atoms with van der Waals surface area (Å²) in [5, 5.41) is 0. The molecular weight excluding hydrogens is 258 g/mol. The molecule has 1 aliphatic heterocycles. The van der Waals surface area contributed by atoms with Crippen molar-refractivity contribution < 1.29 is 4.79 Å². The molecule has 1 aromatic rings. The van der Waals surface area contributed by atoms with Gasteiger partial charge in [-0.1, -0.05) is 13.8 Å². The number of thiazole rings is 1. The number of rotatable bonds is 4. The summed E-state index contributed by atoms with van der Waals surface area (Å²) in [6.07, 6.45) is 1.24. The molecule has 0 bridgehead atoms. The van der Waals surface area contributed by atoms with Crippen LogP contribution in [0.2, 0.25) is 0 Å². The maximum atomic E-state index is 12.3. The molecule has 0 spiro atoms. The summed E-state index contributed by atoms with van der Waals surface area (Å²) in [5.74, 6) is 0.906. The Labute approximate surface area is 119 Å². The molecular formula is C14H23N3OS. The average molecular weight is 281 g/mol. The molecule has 106 valence electrons. The van der Waals surface area contributed by atoms with Gasteiger partial charge in [0.05, 0.1) is 11.2 Å². The van der Waals surface area contributed by atoms with E-state index in [0.717, 1.165) is 49.2 Å². The van der Waals surface area contributed by atoms with Gasteiger partial charge in [-0.15, -0.1) is 11.3 Å². The fourth-order valence-corrected chi connectivity index (χ4v) is 3.04. The zero-order chi connectivity index (χ0) is 13.8. The van der Waals surface area contributed by atoms with Crippen molar-refractivity contribution >= 4 is 17.2 Å². The number of piperazine rings is 1. The summed E-state index contributed by atoms with van der Waals surface area (Å²) in [6.45, 7) is 11.2. The van der Waals surface area contributed by atoms with E-state index in [4.69, 9.17) is 0 Å². The maximum absolute atomic E-state index is 12.3. The van der Waals surface area contributed by atoms with Crippen molar-refractivity contribution in [2.24, 2.45) is 5.92 Å². The Morgan fingerprint density at radius 3 is 2.58 bits per heavy atom. The number of nitrogens with zero attached hydrogens (tertiary/aromatic N) is 3. The molecule has 0 atom stereocenters. The first-order valence-electron chi connectivity index (χ1n) is 6.99. The number of amides is 1. The van der Waals surface area contributed by atoms with Crippen LogP contribution >= 0.6 is 11.3 Å². The van der Waals surface area contributed by atoms with E-state index in [9.17, 15) is 4.79 Å². The van der Waals surface area contributed by atoms with E-state index in [2.05, 4.69) is 23.7 Å². The van der Waals surface area contributed by atoms with Gasteiger partial charge in [-0.05, 0) is 25.8 Å². The van der Waals surface area contributed by atoms with Gasteiger partial charge in [0, 0.05) is 26.2 Å². The van der Waals surface area contributed by atoms with Gasteiger partial charge in [-0.25, -0.2) is 4.98 Å². The highest BCUT2D eigenvalue weighted by Gasteiger charge is 2.24. The molecule has 0 aromatic carbocycles. The van der Waals surface area contributed by atoms with Crippen molar-refractivity contribution in [3.63, 3.8) is 0 Å². The molecule has 1 saturated heterocycles. The topological polar surface area (TPSA) is 36.4 Å². The van der Waals surface area contributed by atoms with E-state index in [-0.39, 0.29) is 5.91 Å². The molecule has 1 aromatic heterocycles. The number of carbonyl (C=O) groups is 1. The quantitative estimate of drug-likeness (QED) is 0.849. The second-order valence-corrected chi connectivity index (χ2v) is 6.44. The molecule has 19 heavy (non-hydrogen) atoms. The Morgan fingerprint density at radius 1 is 1.37 bits per heavy atom. The third-order valence-corrected chi connectivity index (χ3v) is 4.54. The van der Waals surface area contributed by atoms with Crippen LogP contribution in [-0.4, -0.2) is 53.4 Å². The Bertz CT molecular complexity index is 422. The monoisotopic (exact) mass is 281 g/mol. The van der Waals surface area contributed by atoms with E-state index >= 15 is 0 Å². The van der Waals surface area contributed by atoms with Gasteiger partial charge < -0.3 is 4.90 Å². The number of hydrogen-bond acceptors (Lipinski definition) is 4. The summed E-state index contributed by atoms with van der Waals surface area (Å²) in [6, 6.07) is 0. The second-order valence-electron chi connectivity index (χ2n) is 5.58. The molecule has 5 heteroatoms. The number of aryl methyl sites for hydroxylation is 1. The van der Waals surface area contributed by atoms with Crippen LogP contribution in [0, 0.1) is 12.8 Å². The number of hydrogen-bond donors (Lipinski definition) is 0. The molecule has 1 amide bonds. The Morgan fingerprint density at radius 2 is 2.05 bits per heavy atom. The summed E-state index contributed by atoms with van der Waals surface area (Å²) in [7, 11) is 0. The largest absolute Gasteiger partial charge is 0.335 e. The molecule has 1 fully saturated rings. The van der Waals surface area contributed by atoms with Gasteiger partial charge in [0.15, 0.2) is 0 Å². The van der Waals surface area contributed by atoms with Crippen molar-refractivity contribution in [1.29, 1.82) is 0 Å².